The Labute approximate surface area is 57.4 Å². The third kappa shape index (κ3) is 609. The van der Waals surface area contributed by atoms with E-state index in [1.54, 1.807) is 0 Å². The number of carbonyl (C=O) groups excluding carboxylic acids is 1. The van der Waals surface area contributed by atoms with Crippen LogP contribution in [-0.4, -0.2) is 12.8 Å². The molecule has 1 rings (SSSR count). The Balaban J connectivity index is 0. The van der Waals surface area contributed by atoms with Gasteiger partial charge in [0.25, 0.3) is 0 Å². The molecule has 56 valence electrons. The van der Waals surface area contributed by atoms with Gasteiger partial charge in [0.2, 0.25) is 0 Å². The molecule has 0 bridgehead atoms. The highest BCUT2D eigenvalue weighted by molar-refractivity contribution is 5.72. The van der Waals surface area contributed by atoms with Gasteiger partial charge in [-0.25, -0.2) is 0 Å². The molecule has 0 aromatic heterocycles. The summed E-state index contributed by atoms with van der Waals surface area (Å²) >= 11 is 0. The Hall–Kier alpha value is -0.370. The van der Waals surface area contributed by atoms with Crippen LogP contribution in [0.2, 0.25) is 0 Å². The Morgan fingerprint density at radius 3 is 1.22 bits per heavy atom. The van der Waals surface area contributed by atoms with E-state index in [1.807, 2.05) is 0 Å². The molecule has 0 saturated heterocycles. The molecule has 1 aliphatic rings. The highest BCUT2D eigenvalue weighted by Crippen LogP contribution is 2.14. The molecule has 2 heteroatoms. The van der Waals surface area contributed by atoms with Crippen molar-refractivity contribution in [3.05, 3.63) is 0 Å². The Kier molecular flexibility index (Phi) is 13.4. The zero-order valence-corrected chi connectivity index (χ0v) is 6.61. The number of carbonyl (C=O) groups is 1. The molecule has 1 fully saturated rings. The fraction of sp³-hybridized carbons (Fsp3) is 0.857. The summed E-state index contributed by atoms with van der Waals surface area (Å²) in [5.74, 6) is 0.167. The molecule has 0 heterocycles. The number of hydrogen-bond donors (Lipinski definition) is 1. The van der Waals surface area contributed by atoms with Crippen LogP contribution in [-0.2, 0) is 4.79 Å². The van der Waals surface area contributed by atoms with Gasteiger partial charge in [-0.05, 0) is 20.9 Å². The smallest absolute Gasteiger partial charge is 0.126 e. The summed E-state index contributed by atoms with van der Waals surface area (Å²) in [5.41, 5.74) is 4.50. The molecule has 1 aliphatic carbocycles. The first-order chi connectivity index (χ1) is 4.23. The predicted octanol–water partition coefficient (Wildman–Crippen LogP) is 1.34. The quantitative estimate of drug-likeness (QED) is 0.539. The van der Waals surface area contributed by atoms with Crippen LogP contribution in [0.4, 0.5) is 0 Å². The van der Waals surface area contributed by atoms with Crippen LogP contribution in [0.3, 0.4) is 0 Å². The second-order valence-electron chi connectivity index (χ2n) is 1.97. The maximum Gasteiger partial charge on any atom is 0.126 e. The van der Waals surface area contributed by atoms with Crippen LogP contribution >= 0.6 is 0 Å². The first-order valence-corrected chi connectivity index (χ1v) is 3.28. The highest BCUT2D eigenvalue weighted by atomic mass is 16.1. The summed E-state index contributed by atoms with van der Waals surface area (Å²) in [7, 11) is 1.50. The van der Waals surface area contributed by atoms with Gasteiger partial charge < -0.3 is 10.5 Å². The van der Waals surface area contributed by atoms with Crippen LogP contribution in [0, 0.1) is 0 Å². The second kappa shape index (κ2) is 10.6. The molecule has 0 radical (unpaired) electrons. The molecule has 0 aliphatic heterocycles. The maximum absolute atomic E-state index is 9.44. The molecule has 0 aromatic carbocycles. The first-order valence-electron chi connectivity index (χ1n) is 3.28. The fourth-order valence-electron chi connectivity index (χ4n) is 0. The van der Waals surface area contributed by atoms with E-state index in [1.165, 1.54) is 40.2 Å². The van der Waals surface area contributed by atoms with Crippen molar-refractivity contribution in [3.8, 4) is 0 Å². The van der Waals surface area contributed by atoms with Crippen LogP contribution < -0.4 is 5.73 Å². The largest absolute Gasteiger partial charge is 0.333 e. The van der Waals surface area contributed by atoms with E-state index in [-0.39, 0.29) is 5.78 Å². The van der Waals surface area contributed by atoms with Crippen molar-refractivity contribution in [1.82, 2.24) is 0 Å². The van der Waals surface area contributed by atoms with E-state index in [0.717, 1.165) is 0 Å². The minimum atomic E-state index is 0.167. The summed E-state index contributed by atoms with van der Waals surface area (Å²) in [5, 5.41) is 0. The Morgan fingerprint density at radius 1 is 1.11 bits per heavy atom. The van der Waals surface area contributed by atoms with Gasteiger partial charge in [0, 0.05) is 0 Å². The molecular weight excluding hydrogens is 114 g/mol. The SMILES string of the molecule is C1CC1.CC(C)=O.CN. The molecule has 0 spiro atoms. The van der Waals surface area contributed by atoms with E-state index in [2.05, 4.69) is 5.73 Å². The number of hydrogen-bond acceptors (Lipinski definition) is 2. The molecule has 0 amide bonds. The van der Waals surface area contributed by atoms with Gasteiger partial charge in [0.05, 0.1) is 0 Å². The summed E-state index contributed by atoms with van der Waals surface area (Å²) in [6.45, 7) is 3.06. The number of Topliss-reactive ketones (excluding diaryl/α,β-unsaturated/α-hetero) is 1. The van der Waals surface area contributed by atoms with E-state index in [9.17, 15) is 4.79 Å². The second-order valence-corrected chi connectivity index (χ2v) is 1.97. The van der Waals surface area contributed by atoms with Gasteiger partial charge in [-0.1, -0.05) is 19.3 Å². The third-order valence-electron chi connectivity index (χ3n) is 0.354. The monoisotopic (exact) mass is 131 g/mol. The Morgan fingerprint density at radius 2 is 1.22 bits per heavy atom. The van der Waals surface area contributed by atoms with E-state index < -0.39 is 0 Å². The van der Waals surface area contributed by atoms with E-state index in [4.69, 9.17) is 0 Å². The first kappa shape index (κ1) is 11.4. The maximum atomic E-state index is 9.44. The lowest BCUT2D eigenvalue weighted by atomic mass is 10.6. The zero-order chi connectivity index (χ0) is 7.70. The average Bonchev–Trinajstić information content (AvgIpc) is 2.50. The number of nitrogens with two attached hydrogens (primary N) is 1. The lowest BCUT2D eigenvalue weighted by molar-refractivity contribution is -0.114. The molecule has 0 unspecified atom stereocenters. The lowest BCUT2D eigenvalue weighted by Gasteiger charge is -1.56. The summed E-state index contributed by atoms with van der Waals surface area (Å²) in [6.07, 6.45) is 4.50. The molecular formula is C7H17NO. The van der Waals surface area contributed by atoms with Crippen molar-refractivity contribution in [2.24, 2.45) is 5.73 Å². The van der Waals surface area contributed by atoms with Crippen LogP contribution in [0.1, 0.15) is 33.1 Å². The minimum absolute atomic E-state index is 0.167. The van der Waals surface area contributed by atoms with Crippen LogP contribution in [0.25, 0.3) is 0 Å². The molecule has 1 saturated carbocycles. The summed E-state index contributed by atoms with van der Waals surface area (Å²) in [6, 6.07) is 0. The minimum Gasteiger partial charge on any atom is -0.333 e. The predicted molar refractivity (Wildman–Crippen MR) is 40.3 cm³/mol. The van der Waals surface area contributed by atoms with E-state index >= 15 is 0 Å². The topological polar surface area (TPSA) is 43.1 Å². The van der Waals surface area contributed by atoms with Crippen molar-refractivity contribution in [3.63, 3.8) is 0 Å². The molecule has 0 aromatic rings. The average molecular weight is 131 g/mol. The molecule has 0 atom stereocenters. The standard InChI is InChI=1S/C3H6O.C3H6.CH5N/c1-3(2)4;1-2-3-1;1-2/h1-2H3;1-3H2;2H2,1H3. The van der Waals surface area contributed by atoms with Gasteiger partial charge in [-0.2, -0.15) is 0 Å². The van der Waals surface area contributed by atoms with Gasteiger partial charge in [0.15, 0.2) is 0 Å². The number of ketones is 1. The van der Waals surface area contributed by atoms with Crippen LogP contribution in [0.5, 0.6) is 0 Å². The Bertz CT molecular complexity index is 53.2. The van der Waals surface area contributed by atoms with Crippen molar-refractivity contribution < 1.29 is 4.79 Å². The number of rotatable bonds is 0. The molecule has 2 N–H and O–H groups in total. The fourth-order valence-corrected chi connectivity index (χ4v) is 0. The van der Waals surface area contributed by atoms with Crippen molar-refractivity contribution in [2.75, 3.05) is 7.05 Å². The van der Waals surface area contributed by atoms with Crippen molar-refractivity contribution in [2.45, 2.75) is 33.1 Å². The van der Waals surface area contributed by atoms with Crippen molar-refractivity contribution >= 4 is 5.78 Å². The van der Waals surface area contributed by atoms with Crippen LogP contribution in [0.15, 0.2) is 0 Å². The van der Waals surface area contributed by atoms with E-state index in [0.29, 0.717) is 0 Å². The van der Waals surface area contributed by atoms with Gasteiger partial charge in [-0.15, -0.1) is 0 Å². The third-order valence-corrected chi connectivity index (χ3v) is 0.354. The normalized spacial score (nSPS) is 11.6. The van der Waals surface area contributed by atoms with Gasteiger partial charge >= 0.3 is 0 Å². The van der Waals surface area contributed by atoms with Gasteiger partial charge in [0.1, 0.15) is 5.78 Å². The summed E-state index contributed by atoms with van der Waals surface area (Å²) in [4.78, 5) is 9.44. The highest BCUT2D eigenvalue weighted by Gasteiger charge is 1.95. The van der Waals surface area contributed by atoms with Gasteiger partial charge in [-0.3, -0.25) is 0 Å². The van der Waals surface area contributed by atoms with Crippen molar-refractivity contribution in [1.29, 1.82) is 0 Å². The lowest BCUT2D eigenvalue weighted by Crippen LogP contribution is -1.69. The summed E-state index contributed by atoms with van der Waals surface area (Å²) < 4.78 is 0. The zero-order valence-electron chi connectivity index (χ0n) is 6.61. The molecule has 9 heavy (non-hydrogen) atoms. The molecule has 2 nitrogen and oxygen atoms in total.